The lowest BCUT2D eigenvalue weighted by atomic mass is 10.1. The minimum atomic E-state index is -2.15. The molecule has 38 heavy (non-hydrogen) atoms. The second-order valence-corrected chi connectivity index (χ2v) is 15.3. The molecule has 0 atom stereocenters. The molecule has 206 valence electrons. The van der Waals surface area contributed by atoms with Gasteiger partial charge in [-0.2, -0.15) is 0 Å². The van der Waals surface area contributed by atoms with Gasteiger partial charge in [-0.15, -0.1) is 0 Å². The van der Waals surface area contributed by atoms with Gasteiger partial charge in [-0.05, 0) is 30.3 Å². The monoisotopic (exact) mass is 611 g/mol. The summed E-state index contributed by atoms with van der Waals surface area (Å²) in [4.78, 5) is 45.6. The number of hydrogen-bond acceptors (Lipinski definition) is 9. The first kappa shape index (κ1) is 30.7. The minimum Gasteiger partial charge on any atom is -0.543 e. The lowest BCUT2D eigenvalue weighted by Gasteiger charge is -2.37. The molecule has 0 saturated heterocycles. The lowest BCUT2D eigenvalue weighted by Crippen LogP contribution is -2.44. The van der Waals surface area contributed by atoms with Crippen LogP contribution in [-0.2, 0) is 16.6 Å². The lowest BCUT2D eigenvalue weighted by molar-refractivity contribution is -0.385. The van der Waals surface area contributed by atoms with E-state index in [1.54, 1.807) is 6.07 Å². The Labute approximate surface area is 229 Å². The van der Waals surface area contributed by atoms with Crippen LogP contribution in [0.2, 0.25) is 18.1 Å². The van der Waals surface area contributed by atoms with Crippen LogP contribution in [0, 0.1) is 20.2 Å². The molecule has 1 N–H and O–H groups in total. The van der Waals surface area contributed by atoms with Crippen molar-refractivity contribution in [3.8, 4) is 11.5 Å². The molecule has 14 heteroatoms. The molecule has 3 rings (SSSR count). The number of amides is 1. The van der Waals surface area contributed by atoms with E-state index in [0.29, 0.717) is 16.9 Å². The van der Waals surface area contributed by atoms with E-state index >= 15 is 0 Å². The summed E-state index contributed by atoms with van der Waals surface area (Å²) in [6, 6.07) is 5.23. The van der Waals surface area contributed by atoms with E-state index in [4.69, 9.17) is 9.16 Å². The fraction of sp³-hybridized carbons (Fsp3) is 0.417. The molecule has 0 aromatic heterocycles. The largest absolute Gasteiger partial charge is 0.543 e. The van der Waals surface area contributed by atoms with Gasteiger partial charge in [-0.1, -0.05) is 36.7 Å². The summed E-state index contributed by atoms with van der Waals surface area (Å²) in [5.41, 5.74) is 0.173. The number of nitro benzene ring substituents is 2. The molecular weight excluding hydrogens is 582 g/mol. The topological polar surface area (TPSA) is 162 Å². The highest BCUT2D eigenvalue weighted by molar-refractivity contribution is 9.08. The summed E-state index contributed by atoms with van der Waals surface area (Å²) < 4.78 is 11.0. The van der Waals surface area contributed by atoms with Crippen molar-refractivity contribution in [1.29, 1.82) is 0 Å². The van der Waals surface area contributed by atoms with Crippen molar-refractivity contribution in [2.24, 2.45) is 0 Å². The molecule has 0 spiro atoms. The van der Waals surface area contributed by atoms with Gasteiger partial charge in [0.2, 0.25) is 8.32 Å². The Morgan fingerprint density at radius 1 is 1.13 bits per heavy atom. The van der Waals surface area contributed by atoms with Crippen molar-refractivity contribution in [2.45, 2.75) is 50.8 Å². The average Bonchev–Trinajstić information content (AvgIpc) is 3.12. The number of halogens is 1. The molecule has 0 aliphatic carbocycles. The van der Waals surface area contributed by atoms with E-state index in [-0.39, 0.29) is 45.2 Å². The number of carbonyl (C=O) groups is 2. The van der Waals surface area contributed by atoms with Crippen molar-refractivity contribution in [1.82, 2.24) is 4.90 Å². The third kappa shape index (κ3) is 6.13. The predicted molar refractivity (Wildman–Crippen MR) is 145 cm³/mol. The smallest absolute Gasteiger partial charge is 0.345 e. The third-order valence-electron chi connectivity index (χ3n) is 6.56. The second-order valence-electron chi connectivity index (χ2n) is 10.1. The first-order valence-electron chi connectivity index (χ1n) is 11.4. The maximum atomic E-state index is 12.0. The number of nitro groups is 2. The Morgan fingerprint density at radius 3 is 2.16 bits per heavy atom. The molecule has 1 aliphatic heterocycles. The molecule has 0 unspecified atom stereocenters. The number of phenols is 1. The Balaban J connectivity index is 0.000000290. The molecule has 1 aliphatic rings. The van der Waals surface area contributed by atoms with Crippen molar-refractivity contribution in [2.75, 3.05) is 14.2 Å². The molecular formula is C24H30BrN3O9Si. The number of methoxy groups -OCH3 is 1. The van der Waals surface area contributed by atoms with Crippen LogP contribution in [0.3, 0.4) is 0 Å². The number of alkyl halides is 1. The molecule has 2 aromatic carbocycles. The van der Waals surface area contributed by atoms with E-state index < -0.39 is 30.0 Å². The number of ether oxygens (including phenoxy) is 1. The molecule has 1 amide bonds. The third-order valence-corrected chi connectivity index (χ3v) is 11.5. The van der Waals surface area contributed by atoms with Gasteiger partial charge < -0.3 is 19.2 Å². The first-order chi connectivity index (χ1) is 17.5. The van der Waals surface area contributed by atoms with Crippen molar-refractivity contribution in [3.05, 3.63) is 66.7 Å². The minimum absolute atomic E-state index is 0.00231. The Bertz CT molecular complexity index is 1290. The zero-order valence-corrected chi connectivity index (χ0v) is 24.7. The number of phenolic OH excluding ortho intramolecular Hbond substituents is 1. The number of fused-ring (bicyclic) bond motifs is 1. The van der Waals surface area contributed by atoms with Gasteiger partial charge in [-0.3, -0.25) is 25.0 Å². The Morgan fingerprint density at radius 2 is 1.68 bits per heavy atom. The second kappa shape index (κ2) is 11.5. The van der Waals surface area contributed by atoms with Crippen LogP contribution in [0.1, 0.15) is 52.6 Å². The molecule has 0 radical (unpaired) electrons. The van der Waals surface area contributed by atoms with Crippen LogP contribution < -0.4 is 4.43 Å². The normalized spacial score (nSPS) is 12.8. The molecule has 0 bridgehead atoms. The van der Waals surface area contributed by atoms with Crippen LogP contribution in [-0.4, -0.2) is 54.2 Å². The van der Waals surface area contributed by atoms with Crippen LogP contribution >= 0.6 is 15.9 Å². The highest BCUT2D eigenvalue weighted by Crippen LogP contribution is 2.41. The number of hydrogen-bond donors (Lipinski definition) is 1. The number of benzene rings is 2. The van der Waals surface area contributed by atoms with Crippen LogP contribution in [0.25, 0.3) is 0 Å². The van der Waals surface area contributed by atoms with Crippen LogP contribution in [0.15, 0.2) is 24.3 Å². The van der Waals surface area contributed by atoms with Crippen molar-refractivity contribution < 1.29 is 33.7 Å². The summed E-state index contributed by atoms with van der Waals surface area (Å²) in [7, 11) is 0.584. The summed E-state index contributed by atoms with van der Waals surface area (Å²) in [5, 5.41) is 31.6. The Kier molecular flexibility index (Phi) is 9.27. The van der Waals surface area contributed by atoms with Crippen LogP contribution in [0.4, 0.5) is 11.4 Å². The Hall–Kier alpha value is -3.52. The number of aromatic hydroxyl groups is 1. The molecule has 12 nitrogen and oxygen atoms in total. The van der Waals surface area contributed by atoms with Gasteiger partial charge in [0.05, 0.1) is 23.5 Å². The van der Waals surface area contributed by atoms with Gasteiger partial charge in [0.1, 0.15) is 22.6 Å². The number of nitrogens with zero attached hydrogens (tertiary/aromatic N) is 3. The summed E-state index contributed by atoms with van der Waals surface area (Å²) >= 11 is 3.30. The summed E-state index contributed by atoms with van der Waals surface area (Å²) in [5.74, 6) is -0.757. The maximum Gasteiger partial charge on any atom is 0.345 e. The zero-order valence-electron chi connectivity index (χ0n) is 22.2. The fourth-order valence-electron chi connectivity index (χ4n) is 3.43. The number of carbonyl (C=O) groups excluding carboxylic acids is 2. The maximum absolute atomic E-state index is 12.0. The van der Waals surface area contributed by atoms with Gasteiger partial charge >= 0.3 is 5.97 Å². The van der Waals surface area contributed by atoms with E-state index in [9.17, 15) is 34.9 Å². The molecule has 1 heterocycles. The average molecular weight is 613 g/mol. The fourth-order valence-corrected chi connectivity index (χ4v) is 5.03. The van der Waals surface area contributed by atoms with E-state index in [2.05, 4.69) is 49.8 Å². The van der Waals surface area contributed by atoms with Crippen LogP contribution in [0.5, 0.6) is 11.5 Å². The van der Waals surface area contributed by atoms with Gasteiger partial charge in [-0.25, -0.2) is 4.79 Å². The molecule has 0 fully saturated rings. The van der Waals surface area contributed by atoms with E-state index in [1.165, 1.54) is 31.2 Å². The number of rotatable bonds is 6. The van der Waals surface area contributed by atoms with Gasteiger partial charge in [0.15, 0.2) is 0 Å². The first-order valence-corrected chi connectivity index (χ1v) is 15.4. The number of esters is 1. The summed E-state index contributed by atoms with van der Waals surface area (Å²) in [6.07, 6.45) is 0. The summed E-state index contributed by atoms with van der Waals surface area (Å²) in [6.45, 7) is 10.6. The highest BCUT2D eigenvalue weighted by atomic mass is 79.9. The van der Waals surface area contributed by atoms with E-state index in [0.717, 1.165) is 6.07 Å². The highest BCUT2D eigenvalue weighted by Gasteiger charge is 2.40. The predicted octanol–water partition coefficient (Wildman–Crippen LogP) is 5.55. The van der Waals surface area contributed by atoms with Crippen molar-refractivity contribution in [3.63, 3.8) is 0 Å². The SMILES string of the molecule is CN1Cc2c(O)ccc([N+](=O)[O-])c2C1=O.COC(=O)c1c([N+](=O)[O-])ccc(O[Si](C)(C)C(C)(C)C)c1CBr. The van der Waals surface area contributed by atoms with Crippen molar-refractivity contribution >= 4 is 47.5 Å². The standard InChI is InChI=1S/C15H22BrNO5Si.C9H8N2O4/c1-15(2,3)23(5,6)22-12-8-7-11(17(19)20)13(10(12)9-16)14(18)21-4;1-10-4-5-7(12)3-2-6(11(14)15)8(5)9(10)13/h7-8H,9H2,1-6H3;2-3,12H,4H2,1H3. The van der Waals surface area contributed by atoms with E-state index in [1.807, 2.05) is 0 Å². The van der Waals surface area contributed by atoms with Gasteiger partial charge in [0.25, 0.3) is 17.3 Å². The quantitative estimate of drug-likeness (QED) is 0.145. The zero-order chi connectivity index (χ0) is 29.2. The molecule has 2 aromatic rings. The van der Waals surface area contributed by atoms with Gasteiger partial charge in [0, 0.05) is 35.6 Å². The molecule has 0 saturated carbocycles.